The van der Waals surface area contributed by atoms with E-state index < -0.39 is 0 Å². The van der Waals surface area contributed by atoms with Gasteiger partial charge in [-0.1, -0.05) is 88.4 Å². The molecule has 198 valence electrons. The van der Waals surface area contributed by atoms with Crippen LogP contribution in [0.15, 0.2) is 60.7 Å². The molecule has 2 aromatic rings. The number of hydrogen-bond donors (Lipinski definition) is 0. The highest BCUT2D eigenvalue weighted by molar-refractivity contribution is 5.69. The smallest absolute Gasteiger partial charge is 0.305 e. The van der Waals surface area contributed by atoms with Gasteiger partial charge in [0, 0.05) is 12.8 Å². The normalized spacial score (nSPS) is 11.8. The Morgan fingerprint density at radius 1 is 0.556 bits per heavy atom. The number of benzene rings is 2. The quantitative estimate of drug-likeness (QED) is 0.165. The second-order valence-corrected chi connectivity index (χ2v) is 11.1. The lowest BCUT2D eigenvalue weighted by Crippen LogP contribution is -2.17. The van der Waals surface area contributed by atoms with Gasteiger partial charge >= 0.3 is 11.9 Å². The highest BCUT2D eigenvalue weighted by Crippen LogP contribution is 2.29. The molecule has 2 rings (SSSR count). The Morgan fingerprint density at radius 3 is 1.28 bits per heavy atom. The van der Waals surface area contributed by atoms with E-state index in [1.165, 1.54) is 11.1 Å². The molecule has 4 nitrogen and oxygen atoms in total. The van der Waals surface area contributed by atoms with Gasteiger partial charge in [0.25, 0.3) is 0 Å². The molecule has 0 amide bonds. The van der Waals surface area contributed by atoms with E-state index in [4.69, 9.17) is 9.47 Å². The zero-order valence-corrected chi connectivity index (χ0v) is 22.9. The first-order valence-corrected chi connectivity index (χ1v) is 13.6. The Bertz CT molecular complexity index is 811. The van der Waals surface area contributed by atoms with Crippen LogP contribution in [0.3, 0.4) is 0 Å². The summed E-state index contributed by atoms with van der Waals surface area (Å²) < 4.78 is 10.8. The molecule has 0 atom stereocenters. The van der Waals surface area contributed by atoms with Crippen molar-refractivity contribution >= 4 is 11.9 Å². The molecule has 0 bridgehead atoms. The average Bonchev–Trinajstić information content (AvgIpc) is 2.86. The molecule has 0 aliphatic carbocycles. The van der Waals surface area contributed by atoms with Crippen molar-refractivity contribution in [2.24, 2.45) is 0 Å². The minimum absolute atomic E-state index is 0.0593. The van der Waals surface area contributed by atoms with Crippen LogP contribution in [0.4, 0.5) is 0 Å². The number of carbonyl (C=O) groups is 2. The molecule has 0 N–H and O–H groups in total. The number of unbranched alkanes of at least 4 members (excludes halogenated alkanes) is 3. The fraction of sp³-hybridized carbons (Fsp3) is 0.562. The van der Waals surface area contributed by atoms with Gasteiger partial charge in [-0.25, -0.2) is 0 Å². The van der Waals surface area contributed by atoms with Gasteiger partial charge in [0.05, 0.1) is 13.2 Å². The predicted octanol–water partition coefficient (Wildman–Crippen LogP) is 7.93. The van der Waals surface area contributed by atoms with E-state index in [1.807, 2.05) is 12.1 Å². The summed E-state index contributed by atoms with van der Waals surface area (Å²) in [4.78, 5) is 24.0. The third kappa shape index (κ3) is 11.4. The molecular formula is C32H46O4. The summed E-state index contributed by atoms with van der Waals surface area (Å²) in [6.07, 6.45) is 8.14. The molecule has 0 saturated heterocycles. The van der Waals surface area contributed by atoms with Crippen LogP contribution in [0.25, 0.3) is 0 Å². The monoisotopic (exact) mass is 494 g/mol. The Morgan fingerprint density at radius 2 is 0.917 bits per heavy atom. The molecule has 2 aromatic carbocycles. The van der Waals surface area contributed by atoms with Crippen LogP contribution in [0.5, 0.6) is 0 Å². The lowest BCUT2D eigenvalue weighted by molar-refractivity contribution is -0.145. The largest absolute Gasteiger partial charge is 0.466 e. The van der Waals surface area contributed by atoms with Crippen molar-refractivity contribution in [3.05, 3.63) is 71.8 Å². The SMILES string of the molecule is CC(C)(CCCC(=O)OCCCCCCOC(=O)CCCC(C)(C)c1ccccc1)c1ccccc1. The number of ether oxygens (including phenoxy) is 2. The molecule has 36 heavy (non-hydrogen) atoms. The fourth-order valence-electron chi connectivity index (χ4n) is 4.49. The highest BCUT2D eigenvalue weighted by Gasteiger charge is 2.21. The number of rotatable bonds is 17. The Labute approximate surface area is 218 Å². The van der Waals surface area contributed by atoms with E-state index >= 15 is 0 Å². The van der Waals surface area contributed by atoms with Crippen LogP contribution in [-0.4, -0.2) is 25.2 Å². The van der Waals surface area contributed by atoms with Gasteiger partial charge in [-0.05, 0) is 73.3 Å². The van der Waals surface area contributed by atoms with Crippen molar-refractivity contribution in [1.29, 1.82) is 0 Å². The molecule has 0 aliphatic heterocycles. The van der Waals surface area contributed by atoms with Crippen LogP contribution < -0.4 is 0 Å². The number of hydrogen-bond acceptors (Lipinski definition) is 4. The molecule has 0 radical (unpaired) electrons. The molecule has 0 spiro atoms. The highest BCUT2D eigenvalue weighted by atomic mass is 16.5. The van der Waals surface area contributed by atoms with Crippen LogP contribution in [0.2, 0.25) is 0 Å². The first kappa shape index (κ1) is 29.6. The van der Waals surface area contributed by atoms with Gasteiger partial charge in [-0.3, -0.25) is 9.59 Å². The van der Waals surface area contributed by atoms with Crippen LogP contribution in [0.1, 0.15) is 103 Å². The minimum atomic E-state index is -0.108. The summed E-state index contributed by atoms with van der Waals surface area (Å²) >= 11 is 0. The van der Waals surface area contributed by atoms with Gasteiger partial charge in [0.1, 0.15) is 0 Å². The molecule has 4 heteroatoms. The topological polar surface area (TPSA) is 52.6 Å². The third-order valence-electron chi connectivity index (χ3n) is 7.04. The lowest BCUT2D eigenvalue weighted by Gasteiger charge is -2.25. The van der Waals surface area contributed by atoms with Gasteiger partial charge in [0.2, 0.25) is 0 Å². The standard InChI is InChI=1S/C32H46O4/c1-31(2,27-17-9-7-10-18-27)23-15-21-29(33)35-25-13-5-6-14-26-36-30(34)22-16-24-32(3,4)28-19-11-8-12-20-28/h7-12,17-20H,5-6,13-16,21-26H2,1-4H3. The van der Waals surface area contributed by atoms with E-state index in [2.05, 4.69) is 76.2 Å². The van der Waals surface area contributed by atoms with Gasteiger partial charge in [-0.15, -0.1) is 0 Å². The van der Waals surface area contributed by atoms with E-state index in [0.717, 1.165) is 51.4 Å². The number of carbonyl (C=O) groups excluding carboxylic acids is 2. The maximum Gasteiger partial charge on any atom is 0.305 e. The van der Waals surface area contributed by atoms with Crippen molar-refractivity contribution in [3.8, 4) is 0 Å². The molecule has 0 saturated carbocycles. The van der Waals surface area contributed by atoms with Gasteiger partial charge in [-0.2, -0.15) is 0 Å². The summed E-state index contributed by atoms with van der Waals surface area (Å²) in [7, 11) is 0. The van der Waals surface area contributed by atoms with Crippen molar-refractivity contribution in [1.82, 2.24) is 0 Å². The molecule has 0 heterocycles. The zero-order chi connectivity index (χ0) is 26.3. The molecule has 0 aromatic heterocycles. The molecule has 0 aliphatic rings. The second-order valence-electron chi connectivity index (χ2n) is 11.1. The van der Waals surface area contributed by atoms with Crippen molar-refractivity contribution in [3.63, 3.8) is 0 Å². The van der Waals surface area contributed by atoms with Crippen molar-refractivity contribution < 1.29 is 19.1 Å². The van der Waals surface area contributed by atoms with E-state index in [9.17, 15) is 9.59 Å². The molecule has 0 unspecified atom stereocenters. The Kier molecular flexibility index (Phi) is 12.7. The van der Waals surface area contributed by atoms with Crippen LogP contribution in [0, 0.1) is 0 Å². The summed E-state index contributed by atoms with van der Waals surface area (Å²) in [5, 5.41) is 0. The molecular weight excluding hydrogens is 448 g/mol. The summed E-state index contributed by atoms with van der Waals surface area (Å²) in [6, 6.07) is 20.9. The van der Waals surface area contributed by atoms with Gasteiger partial charge in [0.15, 0.2) is 0 Å². The lowest BCUT2D eigenvalue weighted by atomic mass is 9.80. The zero-order valence-electron chi connectivity index (χ0n) is 22.9. The first-order valence-electron chi connectivity index (χ1n) is 13.6. The average molecular weight is 495 g/mol. The Hall–Kier alpha value is -2.62. The summed E-state index contributed by atoms with van der Waals surface area (Å²) in [5.41, 5.74) is 2.72. The van der Waals surface area contributed by atoms with Gasteiger partial charge < -0.3 is 9.47 Å². The summed E-state index contributed by atoms with van der Waals surface area (Å²) in [5.74, 6) is -0.216. The third-order valence-corrected chi connectivity index (χ3v) is 7.04. The first-order chi connectivity index (χ1) is 17.2. The van der Waals surface area contributed by atoms with Crippen LogP contribution in [-0.2, 0) is 29.9 Å². The molecule has 0 fully saturated rings. The maximum absolute atomic E-state index is 12.0. The van der Waals surface area contributed by atoms with E-state index in [-0.39, 0.29) is 22.8 Å². The van der Waals surface area contributed by atoms with E-state index in [0.29, 0.717) is 26.1 Å². The van der Waals surface area contributed by atoms with Crippen molar-refractivity contribution in [2.75, 3.05) is 13.2 Å². The van der Waals surface area contributed by atoms with E-state index in [1.54, 1.807) is 0 Å². The number of esters is 2. The van der Waals surface area contributed by atoms with Crippen LogP contribution >= 0.6 is 0 Å². The fourth-order valence-corrected chi connectivity index (χ4v) is 4.49. The minimum Gasteiger partial charge on any atom is -0.466 e. The Balaban J connectivity index is 1.43. The van der Waals surface area contributed by atoms with Crippen molar-refractivity contribution in [2.45, 2.75) is 103 Å². The summed E-state index contributed by atoms with van der Waals surface area (Å²) in [6.45, 7) is 9.82. The predicted molar refractivity (Wildman–Crippen MR) is 147 cm³/mol. The second kappa shape index (κ2) is 15.5. The maximum atomic E-state index is 12.0.